The van der Waals surface area contributed by atoms with Gasteiger partial charge >= 0.3 is 5.97 Å². The van der Waals surface area contributed by atoms with Gasteiger partial charge < -0.3 is 19.3 Å². The van der Waals surface area contributed by atoms with Gasteiger partial charge in [0, 0.05) is 24.5 Å². The number of carboxylic acid groups (broad SMARTS) is 1. The van der Waals surface area contributed by atoms with Crippen LogP contribution in [0.4, 0.5) is 4.39 Å². The van der Waals surface area contributed by atoms with Crippen LogP contribution < -0.4 is 0 Å². The zero-order valence-corrected chi connectivity index (χ0v) is 19.5. The van der Waals surface area contributed by atoms with Crippen molar-refractivity contribution in [3.63, 3.8) is 0 Å². The van der Waals surface area contributed by atoms with Gasteiger partial charge in [0.2, 0.25) is 0 Å². The molecule has 0 amide bonds. The second-order valence-electron chi connectivity index (χ2n) is 8.07. The van der Waals surface area contributed by atoms with Crippen LogP contribution in [0, 0.1) is 18.2 Å². The maximum Gasteiger partial charge on any atom is 0.332 e. The van der Waals surface area contributed by atoms with E-state index in [0.717, 1.165) is 25.0 Å². The second-order valence-corrected chi connectivity index (χ2v) is 10.7. The molecule has 7 nitrogen and oxygen atoms in total. The van der Waals surface area contributed by atoms with Gasteiger partial charge in [-0.05, 0) is 43.0 Å². The first-order valence-electron chi connectivity index (χ1n) is 10.6. The van der Waals surface area contributed by atoms with Crippen LogP contribution in [0.15, 0.2) is 29.8 Å². The number of aliphatic carboxylic acids is 1. The number of rotatable bonds is 10. The summed E-state index contributed by atoms with van der Waals surface area (Å²) in [7, 11) is -3.96. The van der Waals surface area contributed by atoms with Gasteiger partial charge in [-0.2, -0.15) is 0 Å². The molecule has 0 saturated carbocycles. The average molecular weight is 501 g/mol. The molecule has 1 aromatic rings. The van der Waals surface area contributed by atoms with Crippen LogP contribution in [0.1, 0.15) is 37.7 Å². The molecule has 1 heterocycles. The first-order chi connectivity index (χ1) is 15.7. The van der Waals surface area contributed by atoms with E-state index in [0.29, 0.717) is 13.0 Å². The highest BCUT2D eigenvalue weighted by Crippen LogP contribution is 2.39. The minimum atomic E-state index is -3.96. The lowest BCUT2D eigenvalue weighted by molar-refractivity contribution is -0.148. The highest BCUT2D eigenvalue weighted by atomic mass is 35.5. The predicted molar refractivity (Wildman–Crippen MR) is 120 cm³/mol. The van der Waals surface area contributed by atoms with Crippen LogP contribution in [-0.4, -0.2) is 56.5 Å². The molecule has 33 heavy (non-hydrogen) atoms. The number of terminal acetylenes is 1. The van der Waals surface area contributed by atoms with Gasteiger partial charge in [-0.1, -0.05) is 17.7 Å². The number of carboxylic acids is 1. The molecule has 0 radical (unpaired) electrons. The molecule has 2 aliphatic rings. The van der Waals surface area contributed by atoms with E-state index in [4.69, 9.17) is 32.2 Å². The molecule has 0 bridgehead atoms. The zero-order chi connectivity index (χ0) is 24.1. The number of hydrogen-bond donors (Lipinski definition) is 1. The summed E-state index contributed by atoms with van der Waals surface area (Å²) < 4.78 is 56.7. The third-order valence-corrected chi connectivity index (χ3v) is 7.99. The number of ether oxygens (including phenoxy) is 3. The van der Waals surface area contributed by atoms with Crippen molar-refractivity contribution in [2.45, 2.75) is 55.0 Å². The summed E-state index contributed by atoms with van der Waals surface area (Å²) in [4.78, 5) is 11.9. The number of unbranched alkanes of at least 4 members (excludes halogenated alkanes) is 2. The van der Waals surface area contributed by atoms with Crippen molar-refractivity contribution in [2.75, 3.05) is 19.8 Å². The Balaban J connectivity index is 1.68. The summed E-state index contributed by atoms with van der Waals surface area (Å²) in [5, 5.41) is 8.43. The van der Waals surface area contributed by atoms with E-state index in [2.05, 4.69) is 5.92 Å². The molecular weight excluding hydrogens is 475 g/mol. The Bertz CT molecular complexity index is 1050. The van der Waals surface area contributed by atoms with Crippen LogP contribution in [0.25, 0.3) is 0 Å². The summed E-state index contributed by atoms with van der Waals surface area (Å²) in [6, 6.07) is 3.41. The highest BCUT2D eigenvalue weighted by molar-refractivity contribution is 7.91. The molecule has 1 N–H and O–H groups in total. The first-order valence-corrected chi connectivity index (χ1v) is 12.7. The minimum Gasteiger partial charge on any atom is -0.478 e. The van der Waals surface area contributed by atoms with Gasteiger partial charge in [0.25, 0.3) is 0 Å². The van der Waals surface area contributed by atoms with Crippen molar-refractivity contribution in [3.05, 3.63) is 46.3 Å². The van der Waals surface area contributed by atoms with Crippen molar-refractivity contribution in [1.82, 2.24) is 0 Å². The molecule has 1 fully saturated rings. The van der Waals surface area contributed by atoms with Gasteiger partial charge in [0.1, 0.15) is 11.9 Å². The van der Waals surface area contributed by atoms with E-state index in [1.54, 1.807) is 0 Å². The molecule has 3 atom stereocenters. The number of benzene rings is 1. The summed E-state index contributed by atoms with van der Waals surface area (Å²) in [6.07, 6.45) is 8.62. The Morgan fingerprint density at radius 1 is 1.39 bits per heavy atom. The minimum absolute atomic E-state index is 0.00105. The van der Waals surface area contributed by atoms with E-state index >= 15 is 0 Å². The normalized spacial score (nSPS) is 25.1. The molecule has 3 rings (SSSR count). The highest BCUT2D eigenvalue weighted by Gasteiger charge is 2.48. The number of hydrogen-bond acceptors (Lipinski definition) is 6. The van der Waals surface area contributed by atoms with Crippen LogP contribution in [0.2, 0.25) is 5.02 Å². The van der Waals surface area contributed by atoms with Crippen molar-refractivity contribution in [1.29, 1.82) is 0 Å². The van der Waals surface area contributed by atoms with Crippen LogP contribution in [-0.2, 0) is 34.6 Å². The van der Waals surface area contributed by atoms with E-state index in [-0.39, 0.29) is 42.2 Å². The Morgan fingerprint density at radius 3 is 2.88 bits per heavy atom. The maximum absolute atomic E-state index is 13.3. The summed E-state index contributed by atoms with van der Waals surface area (Å²) in [6.45, 7) is 1.01. The Hall–Kier alpha value is -1.96. The van der Waals surface area contributed by atoms with Crippen molar-refractivity contribution in [2.24, 2.45) is 0 Å². The predicted octanol–water partition coefficient (Wildman–Crippen LogP) is 3.50. The number of carbonyl (C=O) groups is 1. The topological polar surface area (TPSA) is 99.1 Å². The lowest BCUT2D eigenvalue weighted by atomic mass is 9.94. The Morgan fingerprint density at radius 2 is 2.18 bits per heavy atom. The number of halogens is 2. The molecule has 180 valence electrons. The third kappa shape index (κ3) is 6.55. The fourth-order valence-electron chi connectivity index (χ4n) is 3.94. The third-order valence-electron chi connectivity index (χ3n) is 5.57. The standard InChI is InChI=1S/C23H26ClFO7S/c1-2-3-4-5-10-30-13-18-14-31-23(32-18)9-8-21(19(12-23)22(26)27)33(28,29)15-16-6-7-17(25)11-20(16)24/h1,6-7,11-12,18,21H,3-5,8-10,13-15H2,(H,26,27)/t18-,21?,23?/m1/s1. The molecule has 1 saturated heterocycles. The Kier molecular flexibility index (Phi) is 8.54. The van der Waals surface area contributed by atoms with Crippen LogP contribution in [0.3, 0.4) is 0 Å². The monoisotopic (exact) mass is 500 g/mol. The SMILES string of the molecule is C#CCCCCOC[C@@H]1COC2(C=C(C(=O)O)C(S(=O)(=O)Cc3ccc(F)cc3Cl)CC2)O1. The molecule has 1 spiro atoms. The molecular formula is C23H26ClFO7S. The van der Waals surface area contributed by atoms with Crippen molar-refractivity contribution < 1.29 is 36.9 Å². The Labute approximate surface area is 197 Å². The number of sulfone groups is 1. The fraction of sp³-hybridized carbons (Fsp3) is 0.522. The molecule has 2 unspecified atom stereocenters. The smallest absolute Gasteiger partial charge is 0.332 e. The van der Waals surface area contributed by atoms with Gasteiger partial charge in [0.15, 0.2) is 15.6 Å². The molecule has 0 aromatic heterocycles. The maximum atomic E-state index is 13.3. The lowest BCUT2D eigenvalue weighted by Gasteiger charge is -2.33. The van der Waals surface area contributed by atoms with Crippen molar-refractivity contribution in [3.8, 4) is 12.3 Å². The fourth-order valence-corrected chi connectivity index (χ4v) is 6.17. The van der Waals surface area contributed by atoms with Gasteiger partial charge in [-0.15, -0.1) is 12.3 Å². The summed E-state index contributed by atoms with van der Waals surface area (Å²) >= 11 is 5.97. The second kappa shape index (κ2) is 11.0. The van der Waals surface area contributed by atoms with Crippen LogP contribution in [0.5, 0.6) is 0 Å². The van der Waals surface area contributed by atoms with E-state index in [1.165, 1.54) is 12.1 Å². The average Bonchev–Trinajstić information content (AvgIpc) is 3.14. The van der Waals surface area contributed by atoms with Crippen LogP contribution >= 0.6 is 11.6 Å². The van der Waals surface area contributed by atoms with E-state index in [9.17, 15) is 22.7 Å². The first kappa shape index (κ1) is 25.7. The van der Waals surface area contributed by atoms with Gasteiger partial charge in [-0.25, -0.2) is 17.6 Å². The molecule has 1 aromatic carbocycles. The zero-order valence-electron chi connectivity index (χ0n) is 18.0. The molecule has 10 heteroatoms. The quantitative estimate of drug-likeness (QED) is 0.387. The van der Waals surface area contributed by atoms with E-state index in [1.807, 2.05) is 0 Å². The molecule has 1 aliphatic carbocycles. The van der Waals surface area contributed by atoms with Gasteiger partial charge in [0.05, 0.1) is 29.8 Å². The van der Waals surface area contributed by atoms with E-state index < -0.39 is 44.5 Å². The summed E-state index contributed by atoms with van der Waals surface area (Å²) in [5.41, 5.74) is -0.105. The lowest BCUT2D eigenvalue weighted by Crippen LogP contribution is -2.41. The molecule has 1 aliphatic heterocycles. The van der Waals surface area contributed by atoms with Gasteiger partial charge in [-0.3, -0.25) is 0 Å². The largest absolute Gasteiger partial charge is 0.478 e. The van der Waals surface area contributed by atoms with Crippen molar-refractivity contribution >= 4 is 27.4 Å². The summed E-state index contributed by atoms with van der Waals surface area (Å²) in [5.74, 6) is -1.20.